The first-order chi connectivity index (χ1) is 11.7. The summed E-state index contributed by atoms with van der Waals surface area (Å²) in [4.78, 5) is 12.6. The molecule has 1 amide bonds. The Labute approximate surface area is 156 Å². The number of primary sulfonamides is 1. The molecule has 0 saturated carbocycles. The van der Waals surface area contributed by atoms with Crippen LogP contribution < -0.4 is 10.5 Å². The molecular weight excluding hydrogens is 404 g/mol. The van der Waals surface area contributed by atoms with Crippen molar-refractivity contribution in [2.45, 2.75) is 37.1 Å². The minimum Gasteiger partial charge on any atom is -0.349 e. The number of carbonyl (C=O) groups is 1. The summed E-state index contributed by atoms with van der Waals surface area (Å²) in [6, 6.07) is 13.7. The van der Waals surface area contributed by atoms with Crippen molar-refractivity contribution >= 4 is 31.9 Å². The van der Waals surface area contributed by atoms with E-state index in [1.54, 1.807) is 12.1 Å². The van der Waals surface area contributed by atoms with E-state index in [0.29, 0.717) is 12.0 Å². The standard InChI is InChI=1S/C18H21BrN2O3S/c1-3-17(14-5-4-6-16(11-14)25(20,23)24)21-18(22)12(2)13-7-9-15(19)10-8-13/h4-12,17H,3H2,1-2H3,(H,21,22)(H2,20,23,24). The molecule has 0 spiro atoms. The molecule has 0 bridgehead atoms. The number of sulfonamides is 1. The zero-order chi connectivity index (χ0) is 18.6. The Bertz CT molecular complexity index is 851. The number of hydrogen-bond donors (Lipinski definition) is 2. The summed E-state index contributed by atoms with van der Waals surface area (Å²) in [6.07, 6.45) is 0.632. The average Bonchev–Trinajstić information content (AvgIpc) is 2.59. The fourth-order valence-corrected chi connectivity index (χ4v) is 3.36. The first kappa shape index (κ1) is 19.6. The van der Waals surface area contributed by atoms with E-state index in [4.69, 9.17) is 5.14 Å². The third-order valence-electron chi connectivity index (χ3n) is 4.08. The van der Waals surface area contributed by atoms with Crippen molar-refractivity contribution < 1.29 is 13.2 Å². The SMILES string of the molecule is CCC(NC(=O)C(C)c1ccc(Br)cc1)c1cccc(S(N)(=O)=O)c1. The molecule has 0 aliphatic rings. The number of amides is 1. The largest absolute Gasteiger partial charge is 0.349 e. The van der Waals surface area contributed by atoms with Crippen LogP contribution in [0, 0.1) is 0 Å². The number of rotatable bonds is 6. The number of hydrogen-bond acceptors (Lipinski definition) is 3. The highest BCUT2D eigenvalue weighted by Crippen LogP contribution is 2.23. The Morgan fingerprint density at radius 1 is 1.16 bits per heavy atom. The number of nitrogens with two attached hydrogens (primary N) is 1. The van der Waals surface area contributed by atoms with Crippen molar-refractivity contribution in [3.63, 3.8) is 0 Å². The van der Waals surface area contributed by atoms with Gasteiger partial charge in [-0.3, -0.25) is 4.79 Å². The van der Waals surface area contributed by atoms with Gasteiger partial charge in [0.2, 0.25) is 15.9 Å². The van der Waals surface area contributed by atoms with Crippen LogP contribution in [-0.2, 0) is 14.8 Å². The van der Waals surface area contributed by atoms with Crippen molar-refractivity contribution in [2.24, 2.45) is 5.14 Å². The smallest absolute Gasteiger partial charge is 0.238 e. The van der Waals surface area contributed by atoms with Gasteiger partial charge in [-0.05, 0) is 48.7 Å². The van der Waals surface area contributed by atoms with Crippen LogP contribution in [0.25, 0.3) is 0 Å². The lowest BCUT2D eigenvalue weighted by Gasteiger charge is -2.21. The van der Waals surface area contributed by atoms with Gasteiger partial charge in [0.25, 0.3) is 0 Å². The molecule has 134 valence electrons. The third-order valence-corrected chi connectivity index (χ3v) is 5.52. The predicted octanol–water partition coefficient (Wildman–Crippen LogP) is 3.47. The molecule has 2 rings (SSSR count). The van der Waals surface area contributed by atoms with E-state index in [1.165, 1.54) is 12.1 Å². The zero-order valence-corrected chi connectivity index (χ0v) is 16.5. The Morgan fingerprint density at radius 2 is 1.80 bits per heavy atom. The minimum atomic E-state index is -3.78. The summed E-state index contributed by atoms with van der Waals surface area (Å²) >= 11 is 3.38. The third kappa shape index (κ3) is 5.14. The Kier molecular flexibility index (Phi) is 6.37. The molecule has 5 nitrogen and oxygen atoms in total. The molecule has 2 aromatic carbocycles. The van der Waals surface area contributed by atoms with Crippen LogP contribution in [0.5, 0.6) is 0 Å². The molecule has 2 aromatic rings. The summed E-state index contributed by atoms with van der Waals surface area (Å²) in [5, 5.41) is 8.17. The van der Waals surface area contributed by atoms with Crippen molar-refractivity contribution in [3.8, 4) is 0 Å². The molecule has 0 aliphatic carbocycles. The van der Waals surface area contributed by atoms with Gasteiger partial charge in [0.05, 0.1) is 16.9 Å². The molecule has 25 heavy (non-hydrogen) atoms. The van der Waals surface area contributed by atoms with Gasteiger partial charge in [-0.25, -0.2) is 13.6 Å². The van der Waals surface area contributed by atoms with Gasteiger partial charge in [0.1, 0.15) is 0 Å². The second-order valence-electron chi connectivity index (χ2n) is 5.86. The van der Waals surface area contributed by atoms with Gasteiger partial charge in [-0.2, -0.15) is 0 Å². The van der Waals surface area contributed by atoms with Crippen molar-refractivity contribution in [1.82, 2.24) is 5.32 Å². The van der Waals surface area contributed by atoms with Crippen molar-refractivity contribution in [2.75, 3.05) is 0 Å². The highest BCUT2D eigenvalue weighted by molar-refractivity contribution is 9.10. The maximum atomic E-state index is 12.6. The van der Waals surface area contributed by atoms with Crippen LogP contribution in [0.4, 0.5) is 0 Å². The predicted molar refractivity (Wildman–Crippen MR) is 102 cm³/mol. The average molecular weight is 425 g/mol. The fourth-order valence-electron chi connectivity index (χ4n) is 2.53. The second kappa shape index (κ2) is 8.12. The van der Waals surface area contributed by atoms with E-state index in [9.17, 15) is 13.2 Å². The molecule has 0 saturated heterocycles. The van der Waals surface area contributed by atoms with Gasteiger partial charge in [-0.15, -0.1) is 0 Å². The Balaban J connectivity index is 2.19. The quantitative estimate of drug-likeness (QED) is 0.743. The summed E-state index contributed by atoms with van der Waals surface area (Å²) in [5.74, 6) is -0.432. The lowest BCUT2D eigenvalue weighted by Crippen LogP contribution is -2.31. The van der Waals surface area contributed by atoms with Crippen LogP contribution in [-0.4, -0.2) is 14.3 Å². The van der Waals surface area contributed by atoms with Crippen LogP contribution in [0.3, 0.4) is 0 Å². The van der Waals surface area contributed by atoms with Crippen molar-refractivity contribution in [3.05, 3.63) is 64.1 Å². The summed E-state index contributed by atoms with van der Waals surface area (Å²) in [6.45, 7) is 3.77. The van der Waals surface area contributed by atoms with Gasteiger partial charge in [-0.1, -0.05) is 47.1 Å². The molecule has 0 fully saturated rings. The molecule has 0 radical (unpaired) electrons. The van der Waals surface area contributed by atoms with Crippen LogP contribution in [0.15, 0.2) is 57.9 Å². The molecule has 0 heterocycles. The van der Waals surface area contributed by atoms with E-state index in [2.05, 4.69) is 21.2 Å². The summed E-state index contributed by atoms with van der Waals surface area (Å²) in [7, 11) is -3.78. The van der Waals surface area contributed by atoms with Crippen molar-refractivity contribution in [1.29, 1.82) is 0 Å². The molecule has 0 aliphatic heterocycles. The number of carbonyl (C=O) groups excluding carboxylic acids is 1. The molecule has 2 unspecified atom stereocenters. The zero-order valence-electron chi connectivity index (χ0n) is 14.1. The fraction of sp³-hybridized carbons (Fsp3) is 0.278. The van der Waals surface area contributed by atoms with E-state index in [1.807, 2.05) is 38.1 Å². The Hall–Kier alpha value is -1.70. The molecule has 0 aromatic heterocycles. The van der Waals surface area contributed by atoms with Gasteiger partial charge < -0.3 is 5.32 Å². The lowest BCUT2D eigenvalue weighted by molar-refractivity contribution is -0.123. The number of halogens is 1. The van der Waals surface area contributed by atoms with Gasteiger partial charge in [0.15, 0.2) is 0 Å². The summed E-state index contributed by atoms with van der Waals surface area (Å²) < 4.78 is 24.0. The van der Waals surface area contributed by atoms with Crippen LogP contribution in [0.1, 0.15) is 43.4 Å². The molecule has 3 N–H and O–H groups in total. The van der Waals surface area contributed by atoms with E-state index in [0.717, 1.165) is 10.0 Å². The van der Waals surface area contributed by atoms with E-state index in [-0.39, 0.29) is 22.8 Å². The molecule has 7 heteroatoms. The van der Waals surface area contributed by atoms with Crippen LogP contribution >= 0.6 is 15.9 Å². The summed E-state index contributed by atoms with van der Waals surface area (Å²) in [5.41, 5.74) is 1.62. The topological polar surface area (TPSA) is 89.3 Å². The first-order valence-electron chi connectivity index (χ1n) is 7.91. The monoisotopic (exact) mass is 424 g/mol. The number of benzene rings is 2. The van der Waals surface area contributed by atoms with E-state index < -0.39 is 10.0 Å². The molecular formula is C18H21BrN2O3S. The highest BCUT2D eigenvalue weighted by Gasteiger charge is 2.20. The van der Waals surface area contributed by atoms with Gasteiger partial charge in [0, 0.05) is 4.47 Å². The molecule has 2 atom stereocenters. The normalized spacial score (nSPS) is 13.9. The minimum absolute atomic E-state index is 0.0404. The van der Waals surface area contributed by atoms with Crippen LogP contribution in [0.2, 0.25) is 0 Å². The number of nitrogens with one attached hydrogen (secondary N) is 1. The lowest BCUT2D eigenvalue weighted by atomic mass is 9.98. The van der Waals surface area contributed by atoms with Gasteiger partial charge >= 0.3 is 0 Å². The highest BCUT2D eigenvalue weighted by atomic mass is 79.9. The maximum absolute atomic E-state index is 12.6. The Morgan fingerprint density at radius 3 is 2.36 bits per heavy atom. The van der Waals surface area contributed by atoms with E-state index >= 15 is 0 Å². The first-order valence-corrected chi connectivity index (χ1v) is 10.2. The maximum Gasteiger partial charge on any atom is 0.238 e. The second-order valence-corrected chi connectivity index (χ2v) is 8.34.